The van der Waals surface area contributed by atoms with E-state index in [0.717, 1.165) is 38.5 Å². The fourth-order valence-corrected chi connectivity index (χ4v) is 10.1. The van der Waals surface area contributed by atoms with E-state index < -0.39 is 16.7 Å². The number of hydrogen-bond donors (Lipinski definition) is 0. The third-order valence-electron chi connectivity index (χ3n) is 9.75. The molecule has 3 saturated carbocycles. The fraction of sp³-hybridized carbons (Fsp3) is 0.826. The van der Waals surface area contributed by atoms with Gasteiger partial charge in [0.25, 0.3) is 0 Å². The smallest absolute Gasteiger partial charge is 0.234 e. The Morgan fingerprint density at radius 2 is 1.79 bits per heavy atom. The molecule has 5 rings (SSSR count). The van der Waals surface area contributed by atoms with Gasteiger partial charge in [0.15, 0.2) is 0 Å². The number of hydrogen-bond acceptors (Lipinski definition) is 3. The van der Waals surface area contributed by atoms with Crippen molar-refractivity contribution in [2.24, 2.45) is 34.5 Å². The maximum absolute atomic E-state index is 14.0. The predicted octanol–water partition coefficient (Wildman–Crippen LogP) is 3.68. The molecule has 0 aromatic rings. The molecular weight excluding hydrogens is 370 g/mol. The lowest BCUT2D eigenvalue weighted by molar-refractivity contribution is -0.138. The average molecular weight is 404 g/mol. The van der Waals surface area contributed by atoms with Crippen LogP contribution in [0.5, 0.6) is 0 Å². The summed E-state index contributed by atoms with van der Waals surface area (Å²) in [6.07, 6.45) is 9.85. The first-order valence-corrected chi connectivity index (χ1v) is 12.4. The summed E-state index contributed by atoms with van der Waals surface area (Å²) < 4.78 is 14.0. The molecule has 2 bridgehead atoms. The molecule has 5 heteroatoms. The van der Waals surface area contributed by atoms with E-state index in [1.54, 1.807) is 7.05 Å². The molecule has 0 aromatic heterocycles. The zero-order valence-corrected chi connectivity index (χ0v) is 18.4. The van der Waals surface area contributed by atoms with Gasteiger partial charge in [0.2, 0.25) is 11.8 Å². The van der Waals surface area contributed by atoms with Crippen LogP contribution in [0.25, 0.3) is 0 Å². The highest BCUT2D eigenvalue weighted by atomic mass is 32.2. The Hall–Kier alpha value is -0.970. The Balaban J connectivity index is 1.55. The number of carbonyl (C=O) groups is 2. The molecule has 4 aliphatic carbocycles. The van der Waals surface area contributed by atoms with Gasteiger partial charge in [-0.2, -0.15) is 0 Å². The summed E-state index contributed by atoms with van der Waals surface area (Å²) >= 11 is 0. The molecule has 0 N–H and O–H groups in total. The summed E-state index contributed by atoms with van der Waals surface area (Å²) in [5.41, 5.74) is 1.58. The van der Waals surface area contributed by atoms with Crippen LogP contribution >= 0.6 is 0 Å². The van der Waals surface area contributed by atoms with Gasteiger partial charge in [0.1, 0.15) is 0 Å². The molecule has 154 valence electrons. The highest BCUT2D eigenvalue weighted by molar-refractivity contribution is 7.86. The molecule has 0 aromatic carbocycles. The van der Waals surface area contributed by atoms with Gasteiger partial charge in [0.05, 0.1) is 17.1 Å². The van der Waals surface area contributed by atoms with Crippen molar-refractivity contribution in [3.63, 3.8) is 0 Å². The molecule has 2 amide bonds. The van der Waals surface area contributed by atoms with Gasteiger partial charge >= 0.3 is 0 Å². The maximum Gasteiger partial charge on any atom is 0.234 e. The monoisotopic (exact) mass is 403 g/mol. The van der Waals surface area contributed by atoms with E-state index >= 15 is 0 Å². The van der Waals surface area contributed by atoms with E-state index in [9.17, 15) is 13.8 Å². The fourth-order valence-electron chi connectivity index (χ4n) is 7.51. The maximum atomic E-state index is 14.0. The van der Waals surface area contributed by atoms with Crippen molar-refractivity contribution >= 4 is 22.6 Å². The molecule has 1 saturated heterocycles. The summed E-state index contributed by atoms with van der Waals surface area (Å²) in [6, 6.07) is 0. The van der Waals surface area contributed by atoms with Crippen LogP contribution < -0.4 is 0 Å². The van der Waals surface area contributed by atoms with Crippen molar-refractivity contribution in [3.05, 3.63) is 11.6 Å². The van der Waals surface area contributed by atoms with Crippen LogP contribution in [0.2, 0.25) is 0 Å². The topological polar surface area (TPSA) is 54.5 Å². The van der Waals surface area contributed by atoms with Gasteiger partial charge in [-0.05, 0) is 61.2 Å². The highest BCUT2D eigenvalue weighted by Gasteiger charge is 2.65. The second kappa shape index (κ2) is 6.02. The highest BCUT2D eigenvalue weighted by Crippen LogP contribution is 2.67. The first kappa shape index (κ1) is 19.0. The number of amides is 2. The van der Waals surface area contributed by atoms with Crippen molar-refractivity contribution in [1.82, 2.24) is 4.90 Å². The zero-order valence-electron chi connectivity index (χ0n) is 17.6. The van der Waals surface area contributed by atoms with Crippen molar-refractivity contribution in [2.75, 3.05) is 7.05 Å². The number of imide groups is 1. The summed E-state index contributed by atoms with van der Waals surface area (Å²) in [5, 5.41) is -0.148. The Bertz CT molecular complexity index is 802. The van der Waals surface area contributed by atoms with Crippen LogP contribution in [0.1, 0.15) is 65.7 Å². The first-order valence-electron chi connectivity index (χ1n) is 11.1. The summed E-state index contributed by atoms with van der Waals surface area (Å²) in [7, 11) is 0.499. The van der Waals surface area contributed by atoms with Gasteiger partial charge in [-0.1, -0.05) is 38.8 Å². The molecule has 1 aliphatic heterocycles. The Labute approximate surface area is 171 Å². The largest absolute Gasteiger partial charge is 0.285 e. The van der Waals surface area contributed by atoms with Gasteiger partial charge in [-0.3, -0.25) is 18.7 Å². The van der Waals surface area contributed by atoms with Crippen molar-refractivity contribution in [3.8, 4) is 0 Å². The van der Waals surface area contributed by atoms with E-state index in [4.69, 9.17) is 0 Å². The summed E-state index contributed by atoms with van der Waals surface area (Å²) in [5.74, 6) is 0.0166. The van der Waals surface area contributed by atoms with Crippen LogP contribution in [0.3, 0.4) is 0 Å². The van der Waals surface area contributed by atoms with Crippen LogP contribution in [0.4, 0.5) is 0 Å². The third kappa shape index (κ3) is 2.20. The van der Waals surface area contributed by atoms with Gasteiger partial charge in [-0.25, -0.2) is 0 Å². The molecule has 5 aliphatic rings. The predicted molar refractivity (Wildman–Crippen MR) is 110 cm³/mol. The van der Waals surface area contributed by atoms with Crippen molar-refractivity contribution in [1.29, 1.82) is 0 Å². The van der Waals surface area contributed by atoms with Gasteiger partial charge < -0.3 is 0 Å². The Morgan fingerprint density at radius 1 is 1.07 bits per heavy atom. The average Bonchev–Trinajstić information content (AvgIpc) is 3.13. The lowest BCUT2D eigenvalue weighted by Crippen LogP contribution is -2.47. The van der Waals surface area contributed by atoms with Gasteiger partial charge in [-0.15, -0.1) is 0 Å². The molecule has 4 fully saturated rings. The third-order valence-corrected chi connectivity index (χ3v) is 12.0. The minimum atomic E-state index is -1.12. The number of allylic oxidation sites excluding steroid dienone is 1. The molecule has 4 nitrogen and oxygen atoms in total. The lowest BCUT2D eigenvalue weighted by atomic mass is 9.67. The van der Waals surface area contributed by atoms with E-state index in [2.05, 4.69) is 26.8 Å². The minimum Gasteiger partial charge on any atom is -0.285 e. The van der Waals surface area contributed by atoms with Crippen molar-refractivity contribution in [2.45, 2.75) is 76.2 Å². The first-order chi connectivity index (χ1) is 13.2. The molecule has 0 spiro atoms. The SMILES string of the molecule is CN1C(=O)C2C3CCCCC3=CC(S(=O)[C@H]3C[C@@H]4CC[C@@]3(C)C4(C)C)C2C1=O. The van der Waals surface area contributed by atoms with Crippen LogP contribution in [0.15, 0.2) is 11.6 Å². The van der Waals surface area contributed by atoms with Crippen LogP contribution in [-0.2, 0) is 20.4 Å². The lowest BCUT2D eigenvalue weighted by Gasteiger charge is -2.43. The quantitative estimate of drug-likeness (QED) is 0.522. The zero-order chi connectivity index (χ0) is 20.0. The van der Waals surface area contributed by atoms with Gasteiger partial charge in [0, 0.05) is 23.1 Å². The molecule has 0 radical (unpaired) electrons. The Morgan fingerprint density at radius 3 is 2.43 bits per heavy atom. The number of nitrogens with zero attached hydrogens (tertiary/aromatic N) is 1. The molecule has 28 heavy (non-hydrogen) atoms. The number of rotatable bonds is 2. The second-order valence-corrected chi connectivity index (χ2v) is 12.5. The standard InChI is InChI=1S/C23H33NO3S/c1-22(2)14-9-10-23(22,3)17(12-14)28(27)16-11-13-7-5-6-8-15(13)18-19(16)21(26)24(4)20(18)25/h11,14-19H,5-10,12H2,1-4H3/t14-,15?,16?,17-,18?,19?,23+,28?/m0/s1. The second-order valence-electron chi connectivity index (χ2n) is 10.8. The van der Waals surface area contributed by atoms with E-state index in [-0.39, 0.29) is 45.0 Å². The van der Waals surface area contributed by atoms with Crippen molar-refractivity contribution < 1.29 is 13.8 Å². The number of likely N-dealkylation sites (tertiary alicyclic amines) is 1. The number of carbonyl (C=O) groups excluding carboxylic acids is 2. The van der Waals surface area contributed by atoms with E-state index in [1.165, 1.54) is 16.9 Å². The molecule has 5 unspecified atom stereocenters. The van der Waals surface area contributed by atoms with E-state index in [1.807, 2.05) is 0 Å². The molecule has 1 heterocycles. The Kier molecular flexibility index (Phi) is 4.09. The minimum absolute atomic E-state index is 0.0333. The van der Waals surface area contributed by atoms with E-state index in [0.29, 0.717) is 5.92 Å². The number of fused-ring (bicyclic) bond motifs is 5. The normalized spacial score (nSPS) is 47.7. The molecular formula is C23H33NO3S. The molecule has 8 atom stereocenters. The summed E-state index contributed by atoms with van der Waals surface area (Å²) in [6.45, 7) is 7.02. The van der Waals surface area contributed by atoms with Crippen LogP contribution in [-0.4, -0.2) is 38.5 Å². The summed E-state index contributed by atoms with van der Waals surface area (Å²) in [4.78, 5) is 27.4. The van der Waals surface area contributed by atoms with Crippen LogP contribution in [0, 0.1) is 34.5 Å².